The van der Waals surface area contributed by atoms with Crippen molar-refractivity contribution in [2.24, 2.45) is 0 Å². The second-order valence-corrected chi connectivity index (χ2v) is 5.61. The van der Waals surface area contributed by atoms with E-state index in [1.807, 2.05) is 0 Å². The van der Waals surface area contributed by atoms with Gasteiger partial charge in [-0.1, -0.05) is 32.6 Å². The average Bonchev–Trinajstić information content (AvgIpc) is 2.72. The normalized spacial score (nSPS) is 9.89. The van der Waals surface area contributed by atoms with E-state index in [0.29, 0.717) is 6.42 Å². The molecule has 11 nitrogen and oxygen atoms in total. The van der Waals surface area contributed by atoms with Crippen LogP contribution >= 0.6 is 0 Å². The largest absolute Gasteiger partial charge is 0.481 e. The number of rotatable bonds is 12. The van der Waals surface area contributed by atoms with Gasteiger partial charge < -0.3 is 51.1 Å². The molecule has 0 aliphatic carbocycles. The van der Waals surface area contributed by atoms with Crippen LogP contribution in [0.25, 0.3) is 0 Å². The average molecular weight is 420 g/mol. The van der Waals surface area contributed by atoms with Gasteiger partial charge in [0.25, 0.3) is 0 Å². The van der Waals surface area contributed by atoms with Crippen molar-refractivity contribution < 1.29 is 55.9 Å². The van der Waals surface area contributed by atoms with Gasteiger partial charge in [-0.25, -0.2) is 0 Å². The van der Waals surface area contributed by atoms with Gasteiger partial charge in [-0.3, -0.25) is 4.79 Å². The fourth-order valence-corrected chi connectivity index (χ4v) is 1.05. The Balaban J connectivity index is -0.000000142. The van der Waals surface area contributed by atoms with Crippen molar-refractivity contribution in [1.29, 1.82) is 0 Å². The standard InChI is InChI=1S/C8H16O2.3C3H8O3/c1-2-3-4-5-6-7-8(9)10;3*4-1-3(6)2-5/h2-7H2,1H3,(H,9,10);3*3-6H,1-2H2. The lowest BCUT2D eigenvalue weighted by Crippen LogP contribution is -2.15. The summed E-state index contributed by atoms with van der Waals surface area (Å²) < 4.78 is 0. The maximum atomic E-state index is 10.0. The molecule has 0 bridgehead atoms. The molecule has 0 unspecified atom stereocenters. The summed E-state index contributed by atoms with van der Waals surface area (Å²) in [6, 6.07) is 0. The summed E-state index contributed by atoms with van der Waals surface area (Å²) in [5, 5.41) is 80.3. The number of carboxylic acids is 1. The Bertz CT molecular complexity index is 244. The first-order chi connectivity index (χ1) is 13.2. The molecule has 0 aromatic heterocycles. The van der Waals surface area contributed by atoms with E-state index in [-0.39, 0.29) is 39.6 Å². The van der Waals surface area contributed by atoms with Crippen LogP contribution in [0.15, 0.2) is 0 Å². The first kappa shape index (κ1) is 34.6. The van der Waals surface area contributed by atoms with Gasteiger partial charge in [-0.05, 0) is 6.42 Å². The minimum Gasteiger partial charge on any atom is -0.481 e. The molecular formula is C17H40O11. The highest BCUT2D eigenvalue weighted by molar-refractivity contribution is 5.66. The topological polar surface area (TPSA) is 219 Å². The van der Waals surface area contributed by atoms with E-state index in [2.05, 4.69) is 6.92 Å². The lowest BCUT2D eigenvalue weighted by molar-refractivity contribution is -0.137. The van der Waals surface area contributed by atoms with Crippen molar-refractivity contribution in [3.63, 3.8) is 0 Å². The van der Waals surface area contributed by atoms with E-state index in [1.54, 1.807) is 0 Å². The predicted molar refractivity (Wildman–Crippen MR) is 102 cm³/mol. The summed E-state index contributed by atoms with van der Waals surface area (Å²) in [5.41, 5.74) is 0. The lowest BCUT2D eigenvalue weighted by Gasteiger charge is -1.96. The molecule has 0 aromatic rings. The van der Waals surface area contributed by atoms with Gasteiger partial charge >= 0.3 is 5.97 Å². The van der Waals surface area contributed by atoms with Crippen LogP contribution in [0.3, 0.4) is 0 Å². The van der Waals surface area contributed by atoms with Gasteiger partial charge in [0.2, 0.25) is 0 Å². The molecule has 0 atom stereocenters. The van der Waals surface area contributed by atoms with E-state index in [4.69, 9.17) is 51.1 Å². The zero-order valence-corrected chi connectivity index (χ0v) is 16.6. The summed E-state index contributed by atoms with van der Waals surface area (Å²) in [6.07, 6.45) is 3.02. The fraction of sp³-hybridized carbons (Fsp3) is 0.941. The Kier molecular flexibility index (Phi) is 38.1. The maximum absolute atomic E-state index is 10.0. The van der Waals surface area contributed by atoms with Crippen molar-refractivity contribution in [3.05, 3.63) is 0 Å². The van der Waals surface area contributed by atoms with Gasteiger partial charge in [0.15, 0.2) is 0 Å². The summed E-state index contributed by atoms with van der Waals surface area (Å²) in [6.45, 7) is -0.0375. The molecule has 0 fully saturated rings. The van der Waals surface area contributed by atoms with Crippen LogP contribution < -0.4 is 0 Å². The Labute approximate surface area is 166 Å². The van der Waals surface area contributed by atoms with E-state index in [1.165, 1.54) is 19.3 Å². The highest BCUT2D eigenvalue weighted by Crippen LogP contribution is 2.04. The molecule has 0 heterocycles. The van der Waals surface area contributed by atoms with Crippen LogP contribution in [0, 0.1) is 0 Å². The third-order valence-electron chi connectivity index (χ3n) is 2.76. The summed E-state index contributed by atoms with van der Waals surface area (Å²) >= 11 is 0. The molecule has 28 heavy (non-hydrogen) atoms. The van der Waals surface area contributed by atoms with Crippen molar-refractivity contribution in [2.75, 3.05) is 39.6 Å². The second-order valence-electron chi connectivity index (χ2n) is 5.61. The zero-order chi connectivity index (χ0) is 22.8. The molecule has 0 spiro atoms. The molecule has 0 aliphatic heterocycles. The number of carboxylic acid groups (broad SMARTS) is 1. The quantitative estimate of drug-likeness (QED) is 0.148. The number of aliphatic hydroxyl groups is 9. The fourth-order valence-electron chi connectivity index (χ4n) is 1.05. The SMILES string of the molecule is CCCCCCCC(=O)O.OCC(O)CO.OCC(O)CO.OCC(O)CO. The van der Waals surface area contributed by atoms with Gasteiger partial charge in [0.05, 0.1) is 39.6 Å². The molecule has 0 saturated carbocycles. The Morgan fingerprint density at radius 1 is 0.607 bits per heavy atom. The second kappa shape index (κ2) is 30.8. The Hall–Kier alpha value is -0.890. The van der Waals surface area contributed by atoms with E-state index >= 15 is 0 Å². The zero-order valence-electron chi connectivity index (χ0n) is 16.6. The molecule has 0 rings (SSSR count). The molecule has 0 saturated heterocycles. The smallest absolute Gasteiger partial charge is 0.303 e. The van der Waals surface area contributed by atoms with Crippen LogP contribution in [0.4, 0.5) is 0 Å². The van der Waals surface area contributed by atoms with Gasteiger partial charge in [0.1, 0.15) is 18.3 Å². The molecule has 174 valence electrons. The molecule has 11 heteroatoms. The van der Waals surface area contributed by atoms with Crippen LogP contribution in [0.5, 0.6) is 0 Å². The van der Waals surface area contributed by atoms with E-state index < -0.39 is 24.3 Å². The first-order valence-corrected chi connectivity index (χ1v) is 9.11. The van der Waals surface area contributed by atoms with Crippen LogP contribution in [0.1, 0.15) is 45.4 Å². The van der Waals surface area contributed by atoms with E-state index in [0.717, 1.165) is 12.8 Å². The Morgan fingerprint density at radius 2 is 0.893 bits per heavy atom. The predicted octanol–water partition coefficient (Wildman–Crippen LogP) is -2.57. The lowest BCUT2D eigenvalue weighted by atomic mass is 10.1. The highest BCUT2D eigenvalue weighted by Gasteiger charge is 1.95. The molecule has 0 aromatic carbocycles. The summed E-state index contributed by atoms with van der Waals surface area (Å²) in [4.78, 5) is 10.0. The minimum atomic E-state index is -0.954. The van der Waals surface area contributed by atoms with Crippen molar-refractivity contribution >= 4 is 5.97 Å². The third-order valence-corrected chi connectivity index (χ3v) is 2.76. The van der Waals surface area contributed by atoms with Gasteiger partial charge in [-0.2, -0.15) is 0 Å². The molecular weight excluding hydrogens is 380 g/mol. The first-order valence-electron chi connectivity index (χ1n) is 9.11. The summed E-state index contributed by atoms with van der Waals surface area (Å²) in [5.74, 6) is -0.670. The number of unbranched alkanes of at least 4 members (excludes halogenated alkanes) is 4. The minimum absolute atomic E-state index is 0.337. The van der Waals surface area contributed by atoms with E-state index in [9.17, 15) is 4.79 Å². The van der Waals surface area contributed by atoms with Crippen LogP contribution in [0.2, 0.25) is 0 Å². The van der Waals surface area contributed by atoms with Crippen molar-refractivity contribution in [3.8, 4) is 0 Å². The van der Waals surface area contributed by atoms with Gasteiger partial charge in [-0.15, -0.1) is 0 Å². The monoisotopic (exact) mass is 420 g/mol. The molecule has 10 N–H and O–H groups in total. The third kappa shape index (κ3) is 44.5. The molecule has 0 radical (unpaired) electrons. The summed E-state index contributed by atoms with van der Waals surface area (Å²) in [7, 11) is 0. The van der Waals surface area contributed by atoms with Crippen molar-refractivity contribution in [2.45, 2.75) is 63.8 Å². The highest BCUT2D eigenvalue weighted by atomic mass is 16.4. The Morgan fingerprint density at radius 3 is 1.07 bits per heavy atom. The molecule has 0 amide bonds. The number of carbonyl (C=O) groups is 1. The van der Waals surface area contributed by atoms with Crippen LogP contribution in [-0.2, 0) is 4.79 Å². The number of aliphatic carboxylic acids is 1. The number of aliphatic hydroxyl groups excluding tert-OH is 9. The number of hydrogen-bond acceptors (Lipinski definition) is 10. The molecule has 0 aliphatic rings. The number of hydrogen-bond donors (Lipinski definition) is 10. The van der Waals surface area contributed by atoms with Crippen LogP contribution in [-0.4, -0.2) is 115 Å². The van der Waals surface area contributed by atoms with Crippen molar-refractivity contribution in [1.82, 2.24) is 0 Å². The van der Waals surface area contributed by atoms with Gasteiger partial charge in [0, 0.05) is 6.42 Å². The maximum Gasteiger partial charge on any atom is 0.303 e.